The Morgan fingerprint density at radius 3 is 2.58 bits per heavy atom. The summed E-state index contributed by atoms with van der Waals surface area (Å²) >= 11 is 0. The molecule has 3 saturated heterocycles. The molecule has 0 spiro atoms. The molecule has 0 bridgehead atoms. The first kappa shape index (κ1) is 7.34. The van der Waals surface area contributed by atoms with Crippen molar-refractivity contribution in [3.63, 3.8) is 0 Å². The zero-order valence-electron chi connectivity index (χ0n) is 7.96. The van der Waals surface area contributed by atoms with Gasteiger partial charge >= 0.3 is 0 Å². The fourth-order valence-corrected chi connectivity index (χ4v) is 3.26. The number of fused-ring (bicyclic) bond motifs is 1. The molecule has 0 aromatic heterocycles. The third-order valence-electron chi connectivity index (χ3n) is 3.71. The first-order valence-electron chi connectivity index (χ1n) is 5.29. The van der Waals surface area contributed by atoms with Crippen LogP contribution < -0.4 is 5.32 Å². The van der Waals surface area contributed by atoms with E-state index in [0.717, 1.165) is 24.2 Å². The second-order valence-corrected chi connectivity index (χ2v) is 4.96. The predicted octanol–water partition coefficient (Wildman–Crippen LogP) is 0.972. The van der Waals surface area contributed by atoms with Crippen molar-refractivity contribution in [1.82, 2.24) is 10.2 Å². The molecule has 0 aromatic rings. The smallest absolute Gasteiger partial charge is 0.0273 e. The molecule has 12 heavy (non-hydrogen) atoms. The molecule has 3 aliphatic rings. The van der Waals surface area contributed by atoms with Crippen LogP contribution in [0.2, 0.25) is 0 Å². The third kappa shape index (κ3) is 0.882. The van der Waals surface area contributed by atoms with Crippen molar-refractivity contribution >= 4 is 0 Å². The van der Waals surface area contributed by atoms with E-state index in [1.807, 2.05) is 0 Å². The van der Waals surface area contributed by atoms with Crippen LogP contribution in [0.5, 0.6) is 0 Å². The fourth-order valence-electron chi connectivity index (χ4n) is 3.26. The summed E-state index contributed by atoms with van der Waals surface area (Å²) in [5.74, 6) is 0. The number of nitrogens with zero attached hydrogens (tertiary/aromatic N) is 1. The third-order valence-corrected chi connectivity index (χ3v) is 3.71. The SMILES string of the molecule is CC(C)NC1CC2CC3C(C1)N23. The number of hydrogen-bond acceptors (Lipinski definition) is 2. The van der Waals surface area contributed by atoms with Crippen molar-refractivity contribution in [2.75, 3.05) is 0 Å². The van der Waals surface area contributed by atoms with Crippen LogP contribution in [0, 0.1) is 0 Å². The Morgan fingerprint density at radius 2 is 1.92 bits per heavy atom. The first-order valence-corrected chi connectivity index (χ1v) is 5.29. The van der Waals surface area contributed by atoms with Crippen LogP contribution in [0.4, 0.5) is 0 Å². The molecular weight excluding hydrogens is 148 g/mol. The predicted molar refractivity (Wildman–Crippen MR) is 49.1 cm³/mol. The quantitative estimate of drug-likeness (QED) is 0.615. The van der Waals surface area contributed by atoms with Gasteiger partial charge in [0.2, 0.25) is 0 Å². The van der Waals surface area contributed by atoms with Crippen LogP contribution >= 0.6 is 0 Å². The topological polar surface area (TPSA) is 15.0 Å². The lowest BCUT2D eigenvalue weighted by Gasteiger charge is -2.34. The van der Waals surface area contributed by atoms with Gasteiger partial charge in [-0.3, -0.25) is 4.90 Å². The Kier molecular flexibility index (Phi) is 1.37. The minimum atomic E-state index is 0.664. The monoisotopic (exact) mass is 166 g/mol. The highest BCUT2D eigenvalue weighted by atomic mass is 15.4. The molecule has 3 fully saturated rings. The van der Waals surface area contributed by atoms with Crippen molar-refractivity contribution in [2.24, 2.45) is 0 Å². The van der Waals surface area contributed by atoms with Gasteiger partial charge in [0.25, 0.3) is 0 Å². The average molecular weight is 166 g/mol. The maximum absolute atomic E-state index is 3.67. The zero-order chi connectivity index (χ0) is 8.29. The highest BCUT2D eigenvalue weighted by molar-refractivity contribution is 5.20. The van der Waals surface area contributed by atoms with E-state index in [2.05, 4.69) is 24.1 Å². The van der Waals surface area contributed by atoms with Gasteiger partial charge < -0.3 is 5.32 Å². The molecule has 0 saturated carbocycles. The molecule has 5 unspecified atom stereocenters. The van der Waals surface area contributed by atoms with Crippen LogP contribution in [-0.4, -0.2) is 35.1 Å². The number of nitrogens with one attached hydrogen (secondary N) is 1. The minimum absolute atomic E-state index is 0.664. The summed E-state index contributed by atoms with van der Waals surface area (Å²) in [5, 5.41) is 3.67. The lowest BCUT2D eigenvalue weighted by molar-refractivity contribution is 0.175. The van der Waals surface area contributed by atoms with Crippen LogP contribution in [-0.2, 0) is 0 Å². The van der Waals surface area contributed by atoms with Crippen molar-refractivity contribution in [3.8, 4) is 0 Å². The van der Waals surface area contributed by atoms with E-state index < -0.39 is 0 Å². The molecule has 5 atom stereocenters. The van der Waals surface area contributed by atoms with Crippen LogP contribution in [0.1, 0.15) is 33.1 Å². The second-order valence-electron chi connectivity index (χ2n) is 4.96. The lowest BCUT2D eigenvalue weighted by atomic mass is 9.98. The summed E-state index contributed by atoms with van der Waals surface area (Å²) in [5.41, 5.74) is 0. The van der Waals surface area contributed by atoms with Crippen molar-refractivity contribution in [3.05, 3.63) is 0 Å². The Bertz CT molecular complexity index is 194. The lowest BCUT2D eigenvalue weighted by Crippen LogP contribution is -2.45. The van der Waals surface area contributed by atoms with Crippen LogP contribution in [0.15, 0.2) is 0 Å². The summed E-state index contributed by atoms with van der Waals surface area (Å²) < 4.78 is 0. The van der Waals surface area contributed by atoms with E-state index in [1.54, 1.807) is 0 Å². The normalized spacial score (nSPS) is 54.8. The van der Waals surface area contributed by atoms with Crippen molar-refractivity contribution < 1.29 is 0 Å². The van der Waals surface area contributed by atoms with E-state index in [-0.39, 0.29) is 0 Å². The molecule has 2 heteroatoms. The molecule has 2 nitrogen and oxygen atoms in total. The summed E-state index contributed by atoms with van der Waals surface area (Å²) in [6.45, 7) is 4.51. The zero-order valence-corrected chi connectivity index (χ0v) is 7.96. The Morgan fingerprint density at radius 1 is 1.17 bits per heavy atom. The van der Waals surface area contributed by atoms with Crippen LogP contribution in [0.3, 0.4) is 0 Å². The van der Waals surface area contributed by atoms with E-state index >= 15 is 0 Å². The Hall–Kier alpha value is -0.0800. The second kappa shape index (κ2) is 2.24. The van der Waals surface area contributed by atoms with E-state index in [9.17, 15) is 0 Å². The molecule has 0 aliphatic carbocycles. The van der Waals surface area contributed by atoms with Crippen molar-refractivity contribution in [1.29, 1.82) is 0 Å². The van der Waals surface area contributed by atoms with Gasteiger partial charge in [-0.05, 0) is 19.3 Å². The van der Waals surface area contributed by atoms with Gasteiger partial charge in [-0.1, -0.05) is 13.8 Å². The highest BCUT2D eigenvalue weighted by Crippen LogP contribution is 2.53. The molecule has 1 N–H and O–H groups in total. The molecule has 0 aromatic carbocycles. The summed E-state index contributed by atoms with van der Waals surface area (Å²) in [4.78, 5) is 2.71. The summed E-state index contributed by atoms with van der Waals surface area (Å²) in [6, 6.07) is 4.46. The molecule has 0 amide bonds. The molecule has 3 aliphatic heterocycles. The number of hydrogen-bond donors (Lipinski definition) is 1. The summed E-state index contributed by atoms with van der Waals surface area (Å²) in [6.07, 6.45) is 4.32. The molecular formula is C10H18N2. The van der Waals surface area contributed by atoms with Gasteiger partial charge in [0.05, 0.1) is 0 Å². The summed E-state index contributed by atoms with van der Waals surface area (Å²) in [7, 11) is 0. The fraction of sp³-hybridized carbons (Fsp3) is 1.00. The molecule has 68 valence electrons. The number of rotatable bonds is 2. The van der Waals surface area contributed by atoms with E-state index in [0.29, 0.717) is 6.04 Å². The molecule has 3 heterocycles. The van der Waals surface area contributed by atoms with Crippen LogP contribution in [0.25, 0.3) is 0 Å². The van der Waals surface area contributed by atoms with Gasteiger partial charge in [0, 0.05) is 30.2 Å². The maximum Gasteiger partial charge on any atom is 0.0273 e. The van der Waals surface area contributed by atoms with Crippen molar-refractivity contribution in [2.45, 2.75) is 63.3 Å². The highest BCUT2D eigenvalue weighted by Gasteiger charge is 2.63. The van der Waals surface area contributed by atoms with Gasteiger partial charge in [-0.15, -0.1) is 0 Å². The van der Waals surface area contributed by atoms with Gasteiger partial charge in [0.15, 0.2) is 0 Å². The van der Waals surface area contributed by atoms with Gasteiger partial charge in [-0.2, -0.15) is 0 Å². The first-order chi connectivity index (χ1) is 5.75. The van der Waals surface area contributed by atoms with E-state index in [1.165, 1.54) is 19.3 Å². The standard InChI is InChI=1S/C10H18N2/c1-6(2)11-7-3-8-5-10-9(4-7)12(8)10/h6-11H,3-5H2,1-2H3. The molecule has 3 rings (SSSR count). The Labute approximate surface area is 74.3 Å². The largest absolute Gasteiger partial charge is 0.312 e. The average Bonchev–Trinajstić information content (AvgIpc) is 2.53. The molecule has 0 radical (unpaired) electrons. The van der Waals surface area contributed by atoms with Gasteiger partial charge in [0.1, 0.15) is 0 Å². The number of piperidine rings is 1. The van der Waals surface area contributed by atoms with Gasteiger partial charge in [-0.25, -0.2) is 0 Å². The maximum atomic E-state index is 3.67. The Balaban J connectivity index is 1.61. The van der Waals surface area contributed by atoms with E-state index in [4.69, 9.17) is 0 Å². The minimum Gasteiger partial charge on any atom is -0.312 e.